The minimum absolute atomic E-state index is 0.667. The van der Waals surface area contributed by atoms with E-state index < -0.39 is 0 Å². The molecule has 3 rings (SSSR count). The highest BCUT2D eigenvalue weighted by Gasteiger charge is 2.05. The number of nitrogens with zero attached hydrogens (tertiary/aromatic N) is 2. The average Bonchev–Trinajstić information content (AvgIpc) is 2.93. The highest BCUT2D eigenvalue weighted by atomic mass is 14.9. The Morgan fingerprint density at radius 2 is 1.86 bits per heavy atom. The molecule has 21 heavy (non-hydrogen) atoms. The Bertz CT molecular complexity index is 791. The number of rotatable bonds is 4. The van der Waals surface area contributed by atoms with Crippen molar-refractivity contribution in [2.45, 2.75) is 13.0 Å². The maximum atomic E-state index is 8.84. The lowest BCUT2D eigenvalue weighted by molar-refractivity contribution is 0.836. The van der Waals surface area contributed by atoms with Gasteiger partial charge in [0.05, 0.1) is 11.6 Å². The summed E-state index contributed by atoms with van der Waals surface area (Å²) < 4.78 is 2.23. The molecule has 0 unspecified atom stereocenters. The molecular formula is C18H17N3. The molecule has 0 spiro atoms. The lowest BCUT2D eigenvalue weighted by Gasteiger charge is -2.07. The first-order chi connectivity index (χ1) is 10.3. The summed E-state index contributed by atoms with van der Waals surface area (Å²) in [5.74, 6) is 0. The highest BCUT2D eigenvalue weighted by molar-refractivity contribution is 5.83. The second-order valence-corrected chi connectivity index (χ2v) is 5.14. The maximum absolute atomic E-state index is 8.84. The Hall–Kier alpha value is -2.57. The largest absolute Gasteiger partial charge is 0.343 e. The van der Waals surface area contributed by atoms with Crippen LogP contribution in [0.1, 0.15) is 16.7 Å². The van der Waals surface area contributed by atoms with Crippen LogP contribution in [0, 0.1) is 11.3 Å². The predicted molar refractivity (Wildman–Crippen MR) is 85.0 cm³/mol. The fraction of sp³-hybridized carbons (Fsp3) is 0.167. The fourth-order valence-electron chi connectivity index (χ4n) is 2.68. The van der Waals surface area contributed by atoms with Crippen LogP contribution in [0.2, 0.25) is 0 Å². The number of benzene rings is 2. The second kappa shape index (κ2) is 5.82. The van der Waals surface area contributed by atoms with Gasteiger partial charge < -0.3 is 10.3 Å². The summed E-state index contributed by atoms with van der Waals surface area (Å²) in [6.45, 7) is 1.47. The first kappa shape index (κ1) is 13.4. The quantitative estimate of drug-likeness (QED) is 0.795. The van der Waals surface area contributed by atoms with Gasteiger partial charge in [0.1, 0.15) is 0 Å². The molecule has 1 aromatic heterocycles. The van der Waals surface area contributed by atoms with E-state index in [0.717, 1.165) is 13.0 Å². The van der Waals surface area contributed by atoms with E-state index in [-0.39, 0.29) is 0 Å². The lowest BCUT2D eigenvalue weighted by atomic mass is 10.1. The summed E-state index contributed by atoms with van der Waals surface area (Å²) in [6, 6.07) is 18.4. The lowest BCUT2D eigenvalue weighted by Crippen LogP contribution is -2.03. The van der Waals surface area contributed by atoms with Crippen molar-refractivity contribution in [1.82, 2.24) is 4.57 Å². The van der Waals surface area contributed by atoms with Gasteiger partial charge in [-0.2, -0.15) is 5.26 Å². The molecule has 0 atom stereocenters. The van der Waals surface area contributed by atoms with Gasteiger partial charge in [-0.25, -0.2) is 0 Å². The summed E-state index contributed by atoms with van der Waals surface area (Å²) in [5.41, 5.74) is 10.1. The van der Waals surface area contributed by atoms with Crippen LogP contribution in [0.4, 0.5) is 0 Å². The van der Waals surface area contributed by atoms with E-state index in [0.29, 0.717) is 12.1 Å². The number of hydrogen-bond acceptors (Lipinski definition) is 2. The van der Waals surface area contributed by atoms with E-state index in [9.17, 15) is 0 Å². The topological polar surface area (TPSA) is 54.7 Å². The smallest absolute Gasteiger partial charge is 0.0991 e. The third-order valence-corrected chi connectivity index (χ3v) is 3.75. The summed E-state index contributed by atoms with van der Waals surface area (Å²) in [7, 11) is 0. The Balaban J connectivity index is 1.94. The van der Waals surface area contributed by atoms with Gasteiger partial charge in [0.2, 0.25) is 0 Å². The summed E-state index contributed by atoms with van der Waals surface area (Å²) in [4.78, 5) is 0. The molecular weight excluding hydrogens is 258 g/mol. The van der Waals surface area contributed by atoms with Crippen molar-refractivity contribution in [3.8, 4) is 6.07 Å². The highest BCUT2D eigenvalue weighted by Crippen LogP contribution is 2.21. The predicted octanol–water partition coefficient (Wildman–Crippen LogP) is 3.06. The Morgan fingerprint density at radius 3 is 2.57 bits per heavy atom. The first-order valence-corrected chi connectivity index (χ1v) is 7.07. The zero-order chi connectivity index (χ0) is 14.7. The van der Waals surface area contributed by atoms with E-state index in [1.807, 2.05) is 24.3 Å². The van der Waals surface area contributed by atoms with E-state index in [2.05, 4.69) is 41.1 Å². The first-order valence-electron chi connectivity index (χ1n) is 7.07. The number of hydrogen-bond donors (Lipinski definition) is 1. The van der Waals surface area contributed by atoms with E-state index in [1.165, 1.54) is 22.0 Å². The van der Waals surface area contributed by atoms with Crippen molar-refractivity contribution in [2.75, 3.05) is 6.54 Å². The van der Waals surface area contributed by atoms with Gasteiger partial charge in [-0.15, -0.1) is 0 Å². The molecule has 2 aromatic carbocycles. The molecule has 1 heterocycles. The summed E-state index contributed by atoms with van der Waals surface area (Å²) >= 11 is 0. The molecule has 3 nitrogen and oxygen atoms in total. The second-order valence-electron chi connectivity index (χ2n) is 5.14. The molecule has 0 saturated heterocycles. The van der Waals surface area contributed by atoms with Crippen LogP contribution < -0.4 is 5.73 Å². The average molecular weight is 275 g/mol. The molecule has 0 fully saturated rings. The van der Waals surface area contributed by atoms with Gasteiger partial charge in [0.15, 0.2) is 0 Å². The molecule has 0 bridgehead atoms. The van der Waals surface area contributed by atoms with Crippen molar-refractivity contribution >= 4 is 10.9 Å². The third kappa shape index (κ3) is 2.67. The van der Waals surface area contributed by atoms with E-state index in [1.54, 1.807) is 0 Å². The van der Waals surface area contributed by atoms with Crippen LogP contribution in [0.25, 0.3) is 10.9 Å². The molecule has 0 amide bonds. The molecule has 0 saturated carbocycles. The van der Waals surface area contributed by atoms with Crippen LogP contribution in [0.15, 0.2) is 54.7 Å². The molecule has 104 valence electrons. The van der Waals surface area contributed by atoms with Crippen LogP contribution in [0.5, 0.6) is 0 Å². The van der Waals surface area contributed by atoms with Gasteiger partial charge >= 0.3 is 0 Å². The monoisotopic (exact) mass is 275 g/mol. The normalized spacial score (nSPS) is 10.7. The fourth-order valence-corrected chi connectivity index (χ4v) is 2.68. The molecule has 0 radical (unpaired) electrons. The third-order valence-electron chi connectivity index (χ3n) is 3.75. The Kier molecular flexibility index (Phi) is 3.72. The molecule has 3 aromatic rings. The van der Waals surface area contributed by atoms with Crippen LogP contribution in [-0.2, 0) is 13.0 Å². The van der Waals surface area contributed by atoms with Crippen molar-refractivity contribution < 1.29 is 0 Å². The minimum Gasteiger partial charge on any atom is -0.343 e. The van der Waals surface area contributed by atoms with Gasteiger partial charge in [-0.05, 0) is 48.4 Å². The van der Waals surface area contributed by atoms with Gasteiger partial charge in [0.25, 0.3) is 0 Å². The SMILES string of the molecule is N#Cc1ccc(Cn2ccc3c(CCN)cccc32)cc1. The van der Waals surface area contributed by atoms with Crippen molar-refractivity contribution in [3.05, 3.63) is 71.4 Å². The molecule has 0 aliphatic rings. The van der Waals surface area contributed by atoms with Crippen molar-refractivity contribution in [2.24, 2.45) is 5.73 Å². The number of nitrogens with two attached hydrogens (primary N) is 1. The zero-order valence-corrected chi connectivity index (χ0v) is 11.8. The minimum atomic E-state index is 0.667. The van der Waals surface area contributed by atoms with Crippen LogP contribution in [-0.4, -0.2) is 11.1 Å². The Morgan fingerprint density at radius 1 is 1.05 bits per heavy atom. The molecule has 2 N–H and O–H groups in total. The molecule has 0 aliphatic carbocycles. The number of nitriles is 1. The van der Waals surface area contributed by atoms with Gasteiger partial charge in [-0.1, -0.05) is 24.3 Å². The molecule has 0 aliphatic heterocycles. The number of aromatic nitrogens is 1. The maximum Gasteiger partial charge on any atom is 0.0991 e. The summed E-state index contributed by atoms with van der Waals surface area (Å²) in [6.07, 6.45) is 3.01. The summed E-state index contributed by atoms with van der Waals surface area (Å²) in [5, 5.41) is 10.1. The van der Waals surface area contributed by atoms with E-state index in [4.69, 9.17) is 11.0 Å². The Labute approximate surface area is 124 Å². The van der Waals surface area contributed by atoms with Crippen molar-refractivity contribution in [3.63, 3.8) is 0 Å². The van der Waals surface area contributed by atoms with Crippen LogP contribution >= 0.6 is 0 Å². The van der Waals surface area contributed by atoms with Gasteiger partial charge in [-0.3, -0.25) is 0 Å². The molecule has 3 heteroatoms. The van der Waals surface area contributed by atoms with E-state index >= 15 is 0 Å². The number of fused-ring (bicyclic) bond motifs is 1. The van der Waals surface area contributed by atoms with Gasteiger partial charge in [0, 0.05) is 23.6 Å². The zero-order valence-electron chi connectivity index (χ0n) is 11.8. The van der Waals surface area contributed by atoms with Crippen molar-refractivity contribution in [1.29, 1.82) is 5.26 Å². The van der Waals surface area contributed by atoms with Crippen LogP contribution in [0.3, 0.4) is 0 Å². The standard InChI is InChI=1S/C18H17N3/c19-10-8-16-2-1-3-18-17(16)9-11-21(18)13-15-6-4-14(12-20)5-7-15/h1-7,9,11H,8,10,13,19H2.